The van der Waals surface area contributed by atoms with E-state index in [1.807, 2.05) is 12.2 Å². The molecule has 1 N–H and O–H groups in total. The van der Waals surface area contributed by atoms with Gasteiger partial charge in [0, 0.05) is 0 Å². The fourth-order valence-corrected chi connectivity index (χ4v) is 2.53. The summed E-state index contributed by atoms with van der Waals surface area (Å²) in [6.07, 6.45) is 10.4. The second kappa shape index (κ2) is 6.04. The summed E-state index contributed by atoms with van der Waals surface area (Å²) < 4.78 is 0. The van der Waals surface area contributed by atoms with Gasteiger partial charge >= 0.3 is 0 Å². The van der Waals surface area contributed by atoms with Crippen LogP contribution in [0.1, 0.15) is 19.3 Å². The molecule has 17 heavy (non-hydrogen) atoms. The monoisotopic (exact) mass is 250 g/mol. The van der Waals surface area contributed by atoms with E-state index in [9.17, 15) is 5.11 Å². The number of hydrogen-bond donors (Lipinski definition) is 1. The standard InChI is InChI=1S/C15H19ClO/c1-4-7-12-13(8-5-2)15(16,10-6-3)11-9-14(12)17/h4-6,9,11,14,17H,1-3,7-8,10H2. The van der Waals surface area contributed by atoms with Crippen LogP contribution in [-0.4, -0.2) is 16.1 Å². The molecule has 0 saturated carbocycles. The van der Waals surface area contributed by atoms with Crippen molar-refractivity contribution in [2.75, 3.05) is 0 Å². The summed E-state index contributed by atoms with van der Waals surface area (Å²) in [6, 6.07) is 0. The Bertz CT molecular complexity index is 378. The summed E-state index contributed by atoms with van der Waals surface area (Å²) in [4.78, 5) is -0.576. The average Bonchev–Trinajstić information content (AvgIpc) is 2.29. The maximum Gasteiger partial charge on any atom is 0.0939 e. The van der Waals surface area contributed by atoms with Crippen molar-refractivity contribution in [3.63, 3.8) is 0 Å². The molecule has 0 radical (unpaired) electrons. The van der Waals surface area contributed by atoms with Gasteiger partial charge in [-0.15, -0.1) is 31.3 Å². The third kappa shape index (κ3) is 2.99. The van der Waals surface area contributed by atoms with Crippen LogP contribution in [0.15, 0.2) is 61.3 Å². The molecule has 0 aromatic heterocycles. The lowest BCUT2D eigenvalue weighted by molar-refractivity contribution is 0.250. The minimum absolute atomic E-state index is 0.570. The number of alkyl halides is 1. The number of aliphatic hydroxyl groups is 1. The van der Waals surface area contributed by atoms with Gasteiger partial charge in [0.15, 0.2) is 0 Å². The van der Waals surface area contributed by atoms with E-state index in [-0.39, 0.29) is 0 Å². The van der Waals surface area contributed by atoms with Crippen LogP contribution >= 0.6 is 11.6 Å². The molecule has 0 saturated heterocycles. The Morgan fingerprint density at radius 1 is 1.24 bits per heavy atom. The Kier molecular flexibility index (Phi) is 4.98. The lowest BCUT2D eigenvalue weighted by Crippen LogP contribution is -2.29. The summed E-state index contributed by atoms with van der Waals surface area (Å²) in [7, 11) is 0. The van der Waals surface area contributed by atoms with Gasteiger partial charge in [-0.2, -0.15) is 0 Å². The van der Waals surface area contributed by atoms with Crippen LogP contribution in [0.4, 0.5) is 0 Å². The lowest BCUT2D eigenvalue weighted by Gasteiger charge is -2.33. The van der Waals surface area contributed by atoms with Gasteiger partial charge in [-0.25, -0.2) is 0 Å². The zero-order valence-electron chi connectivity index (χ0n) is 10.0. The van der Waals surface area contributed by atoms with E-state index in [0.717, 1.165) is 11.1 Å². The van der Waals surface area contributed by atoms with Crippen molar-refractivity contribution in [3.8, 4) is 0 Å². The van der Waals surface area contributed by atoms with E-state index in [4.69, 9.17) is 11.6 Å². The molecule has 92 valence electrons. The number of allylic oxidation sites excluding steroid dienone is 5. The first kappa shape index (κ1) is 14.0. The molecule has 1 aliphatic carbocycles. The van der Waals surface area contributed by atoms with Crippen LogP contribution < -0.4 is 0 Å². The van der Waals surface area contributed by atoms with Gasteiger partial charge < -0.3 is 5.11 Å². The SMILES string of the molecule is C=CCC1=C(CC=C)C(Cl)(CC=C)C=CC1O. The van der Waals surface area contributed by atoms with Gasteiger partial charge in [-0.1, -0.05) is 30.4 Å². The molecule has 0 amide bonds. The quantitative estimate of drug-likeness (QED) is 0.560. The van der Waals surface area contributed by atoms with Crippen molar-refractivity contribution < 1.29 is 5.11 Å². The molecule has 2 unspecified atom stereocenters. The van der Waals surface area contributed by atoms with Crippen LogP contribution in [0.5, 0.6) is 0 Å². The maximum atomic E-state index is 9.99. The Balaban J connectivity index is 3.22. The summed E-state index contributed by atoms with van der Waals surface area (Å²) >= 11 is 6.61. The smallest absolute Gasteiger partial charge is 0.0939 e. The third-order valence-electron chi connectivity index (χ3n) is 2.94. The minimum Gasteiger partial charge on any atom is -0.385 e. The van der Waals surface area contributed by atoms with E-state index in [1.165, 1.54) is 0 Å². The van der Waals surface area contributed by atoms with Crippen molar-refractivity contribution in [2.24, 2.45) is 0 Å². The van der Waals surface area contributed by atoms with E-state index in [1.54, 1.807) is 18.2 Å². The van der Waals surface area contributed by atoms with Crippen molar-refractivity contribution in [3.05, 3.63) is 61.3 Å². The second-order valence-corrected chi connectivity index (χ2v) is 4.82. The molecular formula is C15H19ClO. The number of hydrogen-bond acceptors (Lipinski definition) is 1. The van der Waals surface area contributed by atoms with Gasteiger partial charge in [0.1, 0.15) is 0 Å². The fraction of sp³-hybridized carbons (Fsp3) is 0.333. The molecule has 1 aliphatic rings. The molecule has 0 aliphatic heterocycles. The molecule has 0 spiro atoms. The second-order valence-electron chi connectivity index (χ2n) is 4.15. The van der Waals surface area contributed by atoms with Crippen LogP contribution in [0.3, 0.4) is 0 Å². The van der Waals surface area contributed by atoms with E-state index in [0.29, 0.717) is 19.3 Å². The van der Waals surface area contributed by atoms with Gasteiger partial charge in [0.25, 0.3) is 0 Å². The predicted molar refractivity (Wildman–Crippen MR) is 75.2 cm³/mol. The molecule has 1 nitrogen and oxygen atoms in total. The molecular weight excluding hydrogens is 232 g/mol. The number of rotatable bonds is 6. The highest BCUT2D eigenvalue weighted by atomic mass is 35.5. The highest BCUT2D eigenvalue weighted by Gasteiger charge is 2.33. The van der Waals surface area contributed by atoms with Crippen LogP contribution in [0.25, 0.3) is 0 Å². The number of halogens is 1. The van der Waals surface area contributed by atoms with Gasteiger partial charge in [-0.05, 0) is 30.4 Å². The Morgan fingerprint density at radius 2 is 1.88 bits per heavy atom. The molecule has 1 rings (SSSR count). The molecule has 0 aromatic rings. The zero-order chi connectivity index (χ0) is 12.9. The lowest BCUT2D eigenvalue weighted by atomic mass is 9.80. The van der Waals surface area contributed by atoms with Crippen LogP contribution in [-0.2, 0) is 0 Å². The third-order valence-corrected chi connectivity index (χ3v) is 3.45. The predicted octanol–water partition coefficient (Wildman–Crippen LogP) is 3.92. The topological polar surface area (TPSA) is 20.2 Å². The normalized spacial score (nSPS) is 28.0. The Labute approximate surface area is 108 Å². The van der Waals surface area contributed by atoms with Crippen LogP contribution in [0.2, 0.25) is 0 Å². The van der Waals surface area contributed by atoms with Gasteiger partial charge in [0.2, 0.25) is 0 Å². The minimum atomic E-state index is -0.576. The molecule has 2 heteroatoms. The van der Waals surface area contributed by atoms with Crippen molar-refractivity contribution in [1.82, 2.24) is 0 Å². The maximum absolute atomic E-state index is 9.99. The van der Waals surface area contributed by atoms with Crippen molar-refractivity contribution in [1.29, 1.82) is 0 Å². The first-order valence-corrected chi connectivity index (χ1v) is 6.08. The first-order chi connectivity index (χ1) is 8.09. The molecule has 0 aromatic carbocycles. The average molecular weight is 251 g/mol. The summed E-state index contributed by atoms with van der Waals surface area (Å²) in [5, 5.41) is 9.99. The molecule has 0 fully saturated rings. The summed E-state index contributed by atoms with van der Waals surface area (Å²) in [5.41, 5.74) is 1.95. The fourth-order valence-electron chi connectivity index (χ4n) is 2.15. The highest BCUT2D eigenvalue weighted by molar-refractivity contribution is 6.27. The Morgan fingerprint density at radius 3 is 2.41 bits per heavy atom. The molecule has 0 bridgehead atoms. The van der Waals surface area contributed by atoms with Crippen molar-refractivity contribution in [2.45, 2.75) is 30.2 Å². The van der Waals surface area contributed by atoms with Gasteiger partial charge in [-0.3, -0.25) is 0 Å². The Hall–Kier alpha value is -1.05. The summed E-state index contributed by atoms with van der Waals surface area (Å²) in [6.45, 7) is 11.2. The van der Waals surface area contributed by atoms with E-state index < -0.39 is 11.0 Å². The van der Waals surface area contributed by atoms with E-state index in [2.05, 4.69) is 19.7 Å². The highest BCUT2D eigenvalue weighted by Crippen LogP contribution is 2.40. The zero-order valence-corrected chi connectivity index (χ0v) is 10.8. The van der Waals surface area contributed by atoms with Crippen LogP contribution in [0, 0.1) is 0 Å². The number of aliphatic hydroxyl groups excluding tert-OH is 1. The largest absolute Gasteiger partial charge is 0.385 e. The first-order valence-electron chi connectivity index (χ1n) is 5.70. The van der Waals surface area contributed by atoms with Crippen molar-refractivity contribution >= 4 is 11.6 Å². The molecule has 2 atom stereocenters. The molecule has 0 heterocycles. The van der Waals surface area contributed by atoms with E-state index >= 15 is 0 Å². The van der Waals surface area contributed by atoms with Gasteiger partial charge in [0.05, 0.1) is 11.0 Å². The summed E-state index contributed by atoms with van der Waals surface area (Å²) in [5.74, 6) is 0.